The first-order valence-corrected chi connectivity index (χ1v) is 12.4. The Labute approximate surface area is 175 Å². The summed E-state index contributed by atoms with van der Waals surface area (Å²) in [5.74, 6) is -1.63. The Kier molecular flexibility index (Phi) is 8.65. The van der Waals surface area contributed by atoms with Crippen molar-refractivity contribution in [1.29, 1.82) is 0 Å². The Morgan fingerprint density at radius 1 is 1.13 bits per heavy atom. The minimum absolute atomic E-state index is 0.0263. The van der Waals surface area contributed by atoms with Crippen LogP contribution in [0.5, 0.6) is 0 Å². The van der Waals surface area contributed by atoms with Crippen LogP contribution in [0.25, 0.3) is 0 Å². The van der Waals surface area contributed by atoms with Crippen molar-refractivity contribution in [1.82, 2.24) is 5.32 Å². The van der Waals surface area contributed by atoms with Gasteiger partial charge in [-0.05, 0) is 35.8 Å². The van der Waals surface area contributed by atoms with Gasteiger partial charge in [0, 0.05) is 13.0 Å². The molecule has 0 spiro atoms. The maximum absolute atomic E-state index is 12.7. The number of aliphatic hydroxyl groups excluding tert-OH is 1. The van der Waals surface area contributed by atoms with Gasteiger partial charge in [0.1, 0.15) is 6.04 Å². The van der Waals surface area contributed by atoms with Gasteiger partial charge in [-0.15, -0.1) is 0 Å². The van der Waals surface area contributed by atoms with Crippen molar-refractivity contribution in [3.05, 3.63) is 35.4 Å². The van der Waals surface area contributed by atoms with Gasteiger partial charge >= 0.3 is 12.1 Å². The molecule has 0 aliphatic rings. The number of benzene rings is 1. The zero-order valence-corrected chi connectivity index (χ0v) is 19.1. The fourth-order valence-electron chi connectivity index (χ4n) is 2.30. The molecule has 1 aromatic rings. The van der Waals surface area contributed by atoms with Crippen LogP contribution in [0.1, 0.15) is 44.4 Å². The minimum Gasteiger partial charge on any atom is -0.467 e. The Morgan fingerprint density at radius 2 is 1.67 bits per heavy atom. The van der Waals surface area contributed by atoms with Crippen molar-refractivity contribution in [3.8, 4) is 0 Å². The molecule has 0 aliphatic heterocycles. The van der Waals surface area contributed by atoms with Crippen molar-refractivity contribution in [2.24, 2.45) is 0 Å². The second kappa shape index (κ2) is 9.93. The second-order valence-corrected chi connectivity index (χ2v) is 13.3. The van der Waals surface area contributed by atoms with Crippen LogP contribution < -0.4 is 5.32 Å². The first-order chi connectivity index (χ1) is 13.6. The van der Waals surface area contributed by atoms with Crippen LogP contribution in [0.15, 0.2) is 24.3 Å². The number of hydrogen-bond acceptors (Lipinski definition) is 5. The van der Waals surface area contributed by atoms with Crippen LogP contribution >= 0.6 is 0 Å². The number of carbonyl (C=O) groups excluding carboxylic acids is 2. The van der Waals surface area contributed by atoms with E-state index >= 15 is 0 Å². The van der Waals surface area contributed by atoms with Crippen LogP contribution in [0.4, 0.5) is 13.2 Å². The van der Waals surface area contributed by atoms with Gasteiger partial charge in [-0.1, -0.05) is 32.9 Å². The van der Waals surface area contributed by atoms with Crippen molar-refractivity contribution in [2.45, 2.75) is 63.6 Å². The van der Waals surface area contributed by atoms with Crippen LogP contribution in [0.2, 0.25) is 18.1 Å². The van der Waals surface area contributed by atoms with Gasteiger partial charge in [0.25, 0.3) is 5.91 Å². The number of ether oxygens (including phenoxy) is 1. The third-order valence-corrected chi connectivity index (χ3v) is 9.82. The maximum atomic E-state index is 12.7. The van der Waals surface area contributed by atoms with E-state index in [4.69, 9.17) is 9.16 Å². The first kappa shape index (κ1) is 26.1. The number of esters is 1. The Bertz CT molecular complexity index is 729. The normalized spacial score (nSPS) is 14.7. The van der Waals surface area contributed by atoms with Gasteiger partial charge in [0.05, 0.1) is 12.7 Å². The molecule has 1 amide bonds. The monoisotopic (exact) mass is 449 g/mol. The van der Waals surface area contributed by atoms with Crippen molar-refractivity contribution >= 4 is 20.2 Å². The lowest BCUT2D eigenvalue weighted by Gasteiger charge is -2.36. The predicted molar refractivity (Wildman–Crippen MR) is 108 cm³/mol. The fourth-order valence-corrected chi connectivity index (χ4v) is 3.36. The summed E-state index contributed by atoms with van der Waals surface area (Å²) < 4.78 is 48.7. The molecule has 0 saturated heterocycles. The average Bonchev–Trinajstić information content (AvgIpc) is 2.64. The quantitative estimate of drug-likeness (QED) is 0.466. The Balaban J connectivity index is 2.80. The van der Waals surface area contributed by atoms with E-state index in [1.54, 1.807) is 0 Å². The number of carbonyl (C=O) groups is 2. The summed E-state index contributed by atoms with van der Waals surface area (Å²) in [5, 5.41) is 12.5. The number of halogens is 3. The number of methoxy groups -OCH3 is 1. The van der Waals surface area contributed by atoms with Crippen LogP contribution in [0.3, 0.4) is 0 Å². The van der Waals surface area contributed by atoms with Gasteiger partial charge < -0.3 is 19.6 Å². The Hall–Kier alpha value is -1.91. The van der Waals surface area contributed by atoms with E-state index in [9.17, 15) is 27.9 Å². The lowest BCUT2D eigenvalue weighted by atomic mass is 10.1. The van der Waals surface area contributed by atoms with Crippen LogP contribution in [-0.2, 0) is 24.9 Å². The zero-order chi connectivity index (χ0) is 23.3. The smallest absolute Gasteiger partial charge is 0.416 e. The van der Waals surface area contributed by atoms with Gasteiger partial charge in [-0.3, -0.25) is 4.79 Å². The molecule has 2 atom stereocenters. The highest BCUT2D eigenvalue weighted by atomic mass is 28.4. The average molecular weight is 450 g/mol. The molecule has 0 aromatic heterocycles. The summed E-state index contributed by atoms with van der Waals surface area (Å²) in [7, 11) is -0.889. The molecular formula is C20H30F3NO5Si. The predicted octanol–water partition coefficient (Wildman–Crippen LogP) is 3.81. The van der Waals surface area contributed by atoms with Crippen LogP contribution in [-0.4, -0.2) is 45.1 Å². The number of hydrogen-bond donors (Lipinski definition) is 2. The van der Waals surface area contributed by atoms with Gasteiger partial charge in [0.15, 0.2) is 14.4 Å². The summed E-state index contributed by atoms with van der Waals surface area (Å²) in [5.41, 5.74) is -0.921. The molecule has 6 nitrogen and oxygen atoms in total. The molecule has 30 heavy (non-hydrogen) atoms. The van der Waals surface area contributed by atoms with Crippen molar-refractivity contribution in [3.63, 3.8) is 0 Å². The van der Waals surface area contributed by atoms with E-state index in [-0.39, 0.29) is 23.6 Å². The summed E-state index contributed by atoms with van der Waals surface area (Å²) in [6, 6.07) is 2.52. The largest absolute Gasteiger partial charge is 0.467 e. The highest BCUT2D eigenvalue weighted by molar-refractivity contribution is 6.74. The molecule has 1 aromatic carbocycles. The molecule has 170 valence electrons. The molecule has 0 heterocycles. The zero-order valence-electron chi connectivity index (χ0n) is 18.1. The first-order valence-electron chi connectivity index (χ1n) is 9.47. The van der Waals surface area contributed by atoms with Gasteiger partial charge in [-0.2, -0.15) is 13.2 Å². The van der Waals surface area contributed by atoms with Crippen molar-refractivity contribution in [2.75, 3.05) is 13.7 Å². The number of amides is 1. The third kappa shape index (κ3) is 7.10. The van der Waals surface area contributed by atoms with E-state index in [1.165, 1.54) is 7.11 Å². The second-order valence-electron chi connectivity index (χ2n) is 8.50. The topological polar surface area (TPSA) is 84.9 Å². The number of aliphatic hydroxyl groups is 1. The molecule has 0 bridgehead atoms. The highest BCUT2D eigenvalue weighted by Crippen LogP contribution is 2.36. The minimum atomic E-state index is -4.52. The summed E-state index contributed by atoms with van der Waals surface area (Å²) >= 11 is 0. The Morgan fingerprint density at radius 3 is 2.10 bits per heavy atom. The van der Waals surface area contributed by atoms with Crippen molar-refractivity contribution < 1.29 is 37.0 Å². The molecule has 10 heteroatoms. The van der Waals surface area contributed by atoms with Gasteiger partial charge in [-0.25, -0.2) is 4.79 Å². The SMILES string of the molecule is COC(=O)[C@H](CCO[Si](C)(C)C(C)(C)C)NC(=O)[C@@H](O)c1ccc(C(F)(F)F)cc1. The molecule has 0 fully saturated rings. The molecule has 0 unspecified atom stereocenters. The summed E-state index contributed by atoms with van der Waals surface area (Å²) in [6.45, 7) is 10.5. The van der Waals surface area contributed by atoms with Gasteiger partial charge in [0.2, 0.25) is 0 Å². The maximum Gasteiger partial charge on any atom is 0.416 e. The van der Waals surface area contributed by atoms with E-state index in [0.29, 0.717) is 0 Å². The molecule has 0 aliphatic carbocycles. The van der Waals surface area contributed by atoms with E-state index in [1.807, 2.05) is 13.1 Å². The molecule has 0 saturated carbocycles. The van der Waals surface area contributed by atoms with E-state index in [2.05, 4.69) is 26.1 Å². The fraction of sp³-hybridized carbons (Fsp3) is 0.600. The molecule has 2 N–H and O–H groups in total. The number of alkyl halides is 3. The standard InChI is InChI=1S/C20H30F3NO5Si/c1-19(2,3)30(5,6)29-12-11-15(18(27)28-4)24-17(26)16(25)13-7-9-14(10-8-13)20(21,22)23/h7-10,15-16,25H,11-12H2,1-6H3,(H,24,26)/t15-,16-/m0/s1. The number of rotatable bonds is 8. The highest BCUT2D eigenvalue weighted by Gasteiger charge is 2.37. The molecule has 1 rings (SSSR count). The lowest BCUT2D eigenvalue weighted by molar-refractivity contribution is -0.146. The number of nitrogens with one attached hydrogen (secondary N) is 1. The molecular weight excluding hydrogens is 419 g/mol. The lowest BCUT2D eigenvalue weighted by Crippen LogP contribution is -2.46. The summed E-state index contributed by atoms with van der Waals surface area (Å²) in [4.78, 5) is 24.4. The molecule has 0 radical (unpaired) electrons. The van der Waals surface area contributed by atoms with Crippen LogP contribution in [0, 0.1) is 0 Å². The van der Waals surface area contributed by atoms with E-state index in [0.717, 1.165) is 24.3 Å². The third-order valence-electron chi connectivity index (χ3n) is 5.28. The summed E-state index contributed by atoms with van der Waals surface area (Å²) in [6.07, 6.45) is -6.13. The van der Waals surface area contributed by atoms with E-state index < -0.39 is 44.1 Å².